The third-order valence-corrected chi connectivity index (χ3v) is 3.56. The van der Waals surface area contributed by atoms with E-state index >= 15 is 0 Å². The van der Waals surface area contributed by atoms with Crippen LogP contribution >= 0.6 is 0 Å². The van der Waals surface area contributed by atoms with Crippen molar-refractivity contribution in [2.45, 2.75) is 26.3 Å². The predicted octanol–water partition coefficient (Wildman–Crippen LogP) is 0.969. The molecule has 0 aliphatic carbocycles. The molecular weight excluding hydrogens is 216 g/mol. The fourth-order valence-corrected chi connectivity index (χ4v) is 2.34. The Bertz CT molecular complexity index is 184. The van der Waals surface area contributed by atoms with Gasteiger partial charge in [-0.2, -0.15) is 0 Å². The third-order valence-electron chi connectivity index (χ3n) is 3.56. The lowest BCUT2D eigenvalue weighted by atomic mass is 9.98. The van der Waals surface area contributed by atoms with Crippen LogP contribution in [0.4, 0.5) is 0 Å². The minimum atomic E-state index is 0.541. The van der Waals surface area contributed by atoms with Crippen molar-refractivity contribution in [2.75, 3.05) is 53.1 Å². The molecule has 0 amide bonds. The van der Waals surface area contributed by atoms with Crippen LogP contribution in [0.2, 0.25) is 0 Å². The average molecular weight is 244 g/mol. The van der Waals surface area contributed by atoms with Gasteiger partial charge in [-0.1, -0.05) is 6.92 Å². The molecule has 2 unspecified atom stereocenters. The van der Waals surface area contributed by atoms with Crippen LogP contribution in [0.15, 0.2) is 0 Å². The van der Waals surface area contributed by atoms with Gasteiger partial charge in [-0.3, -0.25) is 4.90 Å². The monoisotopic (exact) mass is 244 g/mol. The molecule has 2 atom stereocenters. The van der Waals surface area contributed by atoms with Crippen molar-refractivity contribution in [3.05, 3.63) is 0 Å². The second-order valence-electron chi connectivity index (χ2n) is 4.61. The van der Waals surface area contributed by atoms with Crippen molar-refractivity contribution < 1.29 is 9.47 Å². The Hall–Kier alpha value is -0.160. The SMILES string of the molecule is CCOCCN(CC)CC(NC)C1CCOC1. The molecule has 0 aromatic heterocycles. The highest BCUT2D eigenvalue weighted by Gasteiger charge is 2.25. The standard InChI is InChI=1S/C13H28N2O2/c1-4-15(7-9-16-5-2)10-13(14-3)12-6-8-17-11-12/h12-14H,4-11H2,1-3H3. The van der Waals surface area contributed by atoms with Crippen LogP contribution in [0.25, 0.3) is 0 Å². The van der Waals surface area contributed by atoms with Crippen LogP contribution in [-0.2, 0) is 9.47 Å². The van der Waals surface area contributed by atoms with Crippen molar-refractivity contribution >= 4 is 0 Å². The molecule has 0 aromatic carbocycles. The molecule has 1 saturated heterocycles. The minimum absolute atomic E-state index is 0.541. The van der Waals surface area contributed by atoms with E-state index in [4.69, 9.17) is 9.47 Å². The van der Waals surface area contributed by atoms with Gasteiger partial charge in [-0.25, -0.2) is 0 Å². The molecule has 0 radical (unpaired) electrons. The molecule has 1 fully saturated rings. The Balaban J connectivity index is 2.30. The van der Waals surface area contributed by atoms with Gasteiger partial charge in [0.1, 0.15) is 0 Å². The van der Waals surface area contributed by atoms with Crippen LogP contribution in [0.5, 0.6) is 0 Å². The van der Waals surface area contributed by atoms with E-state index in [-0.39, 0.29) is 0 Å². The second-order valence-corrected chi connectivity index (χ2v) is 4.61. The van der Waals surface area contributed by atoms with Gasteiger partial charge in [0, 0.05) is 38.3 Å². The molecule has 0 bridgehead atoms. The summed E-state index contributed by atoms with van der Waals surface area (Å²) >= 11 is 0. The summed E-state index contributed by atoms with van der Waals surface area (Å²) in [6.45, 7) is 10.9. The normalized spacial score (nSPS) is 22.2. The lowest BCUT2D eigenvalue weighted by molar-refractivity contribution is 0.105. The van der Waals surface area contributed by atoms with E-state index in [1.54, 1.807) is 0 Å². The molecule has 0 saturated carbocycles. The quantitative estimate of drug-likeness (QED) is 0.613. The van der Waals surface area contributed by atoms with E-state index in [1.807, 2.05) is 6.92 Å². The number of nitrogens with one attached hydrogen (secondary N) is 1. The molecular formula is C13H28N2O2. The molecule has 1 aliphatic heterocycles. The van der Waals surface area contributed by atoms with Crippen LogP contribution in [0.1, 0.15) is 20.3 Å². The topological polar surface area (TPSA) is 33.7 Å². The maximum Gasteiger partial charge on any atom is 0.0593 e. The van der Waals surface area contributed by atoms with Gasteiger partial charge >= 0.3 is 0 Å². The number of ether oxygens (including phenoxy) is 2. The van der Waals surface area contributed by atoms with Gasteiger partial charge in [0.2, 0.25) is 0 Å². The van der Waals surface area contributed by atoms with E-state index in [2.05, 4.69) is 24.2 Å². The van der Waals surface area contributed by atoms with Crippen molar-refractivity contribution in [3.8, 4) is 0 Å². The second kappa shape index (κ2) is 8.86. The Morgan fingerprint density at radius 2 is 2.29 bits per heavy atom. The number of hydrogen-bond acceptors (Lipinski definition) is 4. The van der Waals surface area contributed by atoms with E-state index in [0.717, 1.165) is 46.1 Å². The highest BCUT2D eigenvalue weighted by Crippen LogP contribution is 2.17. The Morgan fingerprint density at radius 1 is 1.47 bits per heavy atom. The molecule has 0 spiro atoms. The zero-order chi connectivity index (χ0) is 12.5. The number of nitrogens with zero attached hydrogens (tertiary/aromatic N) is 1. The summed E-state index contributed by atoms with van der Waals surface area (Å²) in [7, 11) is 2.05. The van der Waals surface area contributed by atoms with Crippen molar-refractivity contribution in [3.63, 3.8) is 0 Å². The molecule has 1 N–H and O–H groups in total. The molecule has 0 aromatic rings. The Kier molecular flexibility index (Phi) is 7.77. The fourth-order valence-electron chi connectivity index (χ4n) is 2.34. The van der Waals surface area contributed by atoms with Gasteiger partial charge in [-0.05, 0) is 26.9 Å². The molecule has 1 heterocycles. The smallest absolute Gasteiger partial charge is 0.0593 e. The van der Waals surface area contributed by atoms with Gasteiger partial charge < -0.3 is 14.8 Å². The van der Waals surface area contributed by atoms with Crippen LogP contribution in [0.3, 0.4) is 0 Å². The maximum atomic E-state index is 5.47. The van der Waals surface area contributed by atoms with E-state index in [9.17, 15) is 0 Å². The summed E-state index contributed by atoms with van der Waals surface area (Å²) in [6.07, 6.45) is 1.19. The fraction of sp³-hybridized carbons (Fsp3) is 1.00. The lowest BCUT2D eigenvalue weighted by Gasteiger charge is -2.29. The van der Waals surface area contributed by atoms with Crippen LogP contribution < -0.4 is 5.32 Å². The van der Waals surface area contributed by atoms with Crippen LogP contribution in [0, 0.1) is 5.92 Å². The summed E-state index contributed by atoms with van der Waals surface area (Å²) < 4.78 is 10.9. The van der Waals surface area contributed by atoms with Crippen molar-refractivity contribution in [2.24, 2.45) is 5.92 Å². The summed E-state index contributed by atoms with van der Waals surface area (Å²) in [5.74, 6) is 0.668. The van der Waals surface area contributed by atoms with Gasteiger partial charge in [0.25, 0.3) is 0 Å². The Labute approximate surface area is 106 Å². The molecule has 17 heavy (non-hydrogen) atoms. The zero-order valence-electron chi connectivity index (χ0n) is 11.6. The predicted molar refractivity (Wildman–Crippen MR) is 70.4 cm³/mol. The largest absolute Gasteiger partial charge is 0.381 e. The third kappa shape index (κ3) is 5.34. The highest BCUT2D eigenvalue weighted by atomic mass is 16.5. The molecule has 102 valence electrons. The first kappa shape index (κ1) is 14.9. The van der Waals surface area contributed by atoms with Crippen molar-refractivity contribution in [1.29, 1.82) is 0 Å². The van der Waals surface area contributed by atoms with E-state index < -0.39 is 0 Å². The van der Waals surface area contributed by atoms with E-state index in [1.165, 1.54) is 6.42 Å². The summed E-state index contributed by atoms with van der Waals surface area (Å²) in [5, 5.41) is 3.44. The van der Waals surface area contributed by atoms with E-state index in [0.29, 0.717) is 12.0 Å². The first-order valence-electron chi connectivity index (χ1n) is 6.86. The molecule has 1 aliphatic rings. The number of rotatable bonds is 9. The molecule has 4 heteroatoms. The number of hydrogen-bond donors (Lipinski definition) is 1. The van der Waals surface area contributed by atoms with Crippen molar-refractivity contribution in [1.82, 2.24) is 10.2 Å². The van der Waals surface area contributed by atoms with Gasteiger partial charge in [-0.15, -0.1) is 0 Å². The average Bonchev–Trinajstić information content (AvgIpc) is 2.87. The van der Waals surface area contributed by atoms with Gasteiger partial charge in [0.05, 0.1) is 13.2 Å². The minimum Gasteiger partial charge on any atom is -0.381 e. The first-order chi connectivity index (χ1) is 8.31. The first-order valence-corrected chi connectivity index (χ1v) is 6.86. The highest BCUT2D eigenvalue weighted by molar-refractivity contribution is 4.81. The summed E-state index contributed by atoms with van der Waals surface area (Å²) in [4.78, 5) is 2.45. The molecule has 1 rings (SSSR count). The Morgan fingerprint density at radius 3 is 2.82 bits per heavy atom. The van der Waals surface area contributed by atoms with Crippen LogP contribution in [-0.4, -0.2) is 64.1 Å². The molecule has 4 nitrogen and oxygen atoms in total. The zero-order valence-corrected chi connectivity index (χ0v) is 11.6. The van der Waals surface area contributed by atoms with Gasteiger partial charge in [0.15, 0.2) is 0 Å². The maximum absolute atomic E-state index is 5.47. The lowest BCUT2D eigenvalue weighted by Crippen LogP contribution is -2.45. The number of likely N-dealkylation sites (N-methyl/N-ethyl adjacent to an activating group) is 2. The summed E-state index contributed by atoms with van der Waals surface area (Å²) in [5.41, 5.74) is 0. The summed E-state index contributed by atoms with van der Waals surface area (Å²) in [6, 6.07) is 0.541.